The highest BCUT2D eigenvalue weighted by molar-refractivity contribution is 5.97. The van der Waals surface area contributed by atoms with E-state index in [1.807, 2.05) is 4.90 Å². The number of hydrogen-bond donors (Lipinski definition) is 1. The Hall–Kier alpha value is -1.95. The molecule has 0 spiro atoms. The fourth-order valence-electron chi connectivity index (χ4n) is 3.87. The van der Waals surface area contributed by atoms with Crippen molar-refractivity contribution in [2.24, 2.45) is 5.92 Å². The molecule has 2 saturated heterocycles. The molecule has 0 aromatic heterocycles. The van der Waals surface area contributed by atoms with E-state index in [1.165, 1.54) is 12.1 Å². The number of anilines is 1. The first-order valence-corrected chi connectivity index (χ1v) is 9.04. The molecule has 6 heteroatoms. The van der Waals surface area contributed by atoms with E-state index >= 15 is 0 Å². The number of nitrogens with zero attached hydrogens (tertiary/aromatic N) is 2. The van der Waals surface area contributed by atoms with Crippen molar-refractivity contribution in [1.29, 1.82) is 0 Å². The number of amides is 2. The zero-order chi connectivity index (χ0) is 18.0. The van der Waals surface area contributed by atoms with Crippen LogP contribution in [-0.4, -0.2) is 48.4 Å². The number of carbonyl (C=O) groups excluding carboxylic acids is 2. The van der Waals surface area contributed by atoms with Gasteiger partial charge in [-0.15, -0.1) is 0 Å². The minimum atomic E-state index is -0.328. The number of nitrogens with one attached hydrogen (secondary N) is 1. The average molecular weight is 347 g/mol. The van der Waals surface area contributed by atoms with Gasteiger partial charge >= 0.3 is 0 Å². The Bertz CT molecular complexity index is 651. The molecule has 25 heavy (non-hydrogen) atoms. The Kier molecular flexibility index (Phi) is 5.37. The Balaban J connectivity index is 1.65. The van der Waals surface area contributed by atoms with Gasteiger partial charge < -0.3 is 15.1 Å². The molecule has 0 unspecified atom stereocenters. The number of halogens is 1. The van der Waals surface area contributed by atoms with Crippen LogP contribution in [0.1, 0.15) is 33.1 Å². The predicted octanol–water partition coefficient (Wildman–Crippen LogP) is 2.17. The van der Waals surface area contributed by atoms with Gasteiger partial charge in [0, 0.05) is 38.3 Å². The predicted molar refractivity (Wildman–Crippen MR) is 94.7 cm³/mol. The topological polar surface area (TPSA) is 52.7 Å². The van der Waals surface area contributed by atoms with Crippen LogP contribution in [0.4, 0.5) is 10.1 Å². The van der Waals surface area contributed by atoms with E-state index in [-0.39, 0.29) is 29.7 Å². The number of hydrogen-bond acceptors (Lipinski definition) is 3. The van der Waals surface area contributed by atoms with Crippen molar-refractivity contribution in [2.45, 2.75) is 45.2 Å². The van der Waals surface area contributed by atoms with Crippen LogP contribution in [0.3, 0.4) is 0 Å². The molecule has 0 radical (unpaired) electrons. The molecule has 1 aromatic rings. The summed E-state index contributed by atoms with van der Waals surface area (Å²) in [6, 6.07) is 6.18. The van der Waals surface area contributed by atoms with Gasteiger partial charge in [0.2, 0.25) is 11.8 Å². The van der Waals surface area contributed by atoms with E-state index in [0.717, 1.165) is 32.4 Å². The molecular weight excluding hydrogens is 321 g/mol. The maximum atomic E-state index is 13.5. The number of likely N-dealkylation sites (tertiary alicyclic amines) is 1. The Labute approximate surface area is 148 Å². The molecular formula is C19H26FN3O2. The van der Waals surface area contributed by atoms with Gasteiger partial charge in [-0.25, -0.2) is 4.39 Å². The fraction of sp³-hybridized carbons (Fsp3) is 0.579. The normalized spacial score (nSPS) is 27.5. The van der Waals surface area contributed by atoms with Gasteiger partial charge in [0.05, 0.1) is 6.04 Å². The van der Waals surface area contributed by atoms with Crippen LogP contribution in [0.15, 0.2) is 24.3 Å². The summed E-state index contributed by atoms with van der Waals surface area (Å²) in [5.41, 5.74) is 0.621. The van der Waals surface area contributed by atoms with Crippen LogP contribution >= 0.6 is 0 Å². The third kappa shape index (κ3) is 4.00. The van der Waals surface area contributed by atoms with Gasteiger partial charge in [-0.2, -0.15) is 0 Å². The smallest absolute Gasteiger partial charge is 0.244 e. The zero-order valence-electron chi connectivity index (χ0n) is 14.9. The molecule has 0 bridgehead atoms. The first-order chi connectivity index (χ1) is 12.0. The van der Waals surface area contributed by atoms with E-state index in [9.17, 15) is 14.0 Å². The van der Waals surface area contributed by atoms with Crippen molar-refractivity contribution < 1.29 is 14.0 Å². The van der Waals surface area contributed by atoms with Crippen LogP contribution in [0.5, 0.6) is 0 Å². The molecule has 3 rings (SSSR count). The zero-order valence-corrected chi connectivity index (χ0v) is 14.9. The molecule has 136 valence electrons. The lowest BCUT2D eigenvalue weighted by molar-refractivity contribution is -0.131. The maximum Gasteiger partial charge on any atom is 0.244 e. The molecule has 2 aliphatic heterocycles. The highest BCUT2D eigenvalue weighted by Crippen LogP contribution is 2.24. The van der Waals surface area contributed by atoms with Gasteiger partial charge in [0.1, 0.15) is 5.82 Å². The monoisotopic (exact) mass is 347 g/mol. The van der Waals surface area contributed by atoms with E-state index in [4.69, 9.17) is 0 Å². The van der Waals surface area contributed by atoms with Crippen LogP contribution in [0.2, 0.25) is 0 Å². The lowest BCUT2D eigenvalue weighted by Gasteiger charge is -2.40. The summed E-state index contributed by atoms with van der Waals surface area (Å²) < 4.78 is 13.5. The number of carbonyl (C=O) groups is 2. The van der Waals surface area contributed by atoms with Gasteiger partial charge in [0.15, 0.2) is 0 Å². The minimum Gasteiger partial charge on any atom is -0.343 e. The fourth-order valence-corrected chi connectivity index (χ4v) is 3.87. The van der Waals surface area contributed by atoms with Gasteiger partial charge in [-0.1, -0.05) is 13.0 Å². The third-order valence-corrected chi connectivity index (χ3v) is 5.32. The Morgan fingerprint density at radius 1 is 1.28 bits per heavy atom. The van der Waals surface area contributed by atoms with Gasteiger partial charge in [-0.05, 0) is 43.4 Å². The van der Waals surface area contributed by atoms with Crippen molar-refractivity contribution in [3.63, 3.8) is 0 Å². The van der Waals surface area contributed by atoms with E-state index < -0.39 is 0 Å². The van der Waals surface area contributed by atoms with E-state index in [1.54, 1.807) is 24.0 Å². The summed E-state index contributed by atoms with van der Waals surface area (Å²) in [4.78, 5) is 27.9. The largest absolute Gasteiger partial charge is 0.343 e. The lowest BCUT2D eigenvalue weighted by Crippen LogP contribution is -2.58. The van der Waals surface area contributed by atoms with Crippen LogP contribution in [0, 0.1) is 11.7 Å². The SMILES string of the molecule is CC(=O)N1CC[C@H](N[C@H]2CCCN(c3cccc(F)c3)C2=O)[C@@H](C)C1. The molecule has 2 amide bonds. The third-order valence-electron chi connectivity index (χ3n) is 5.32. The number of rotatable bonds is 3. The standard InChI is InChI=1S/C19H26FN3O2/c1-13-12-22(14(2)24)10-8-17(13)21-18-7-4-9-23(19(18)25)16-6-3-5-15(20)11-16/h3,5-6,11,13,17-18,21H,4,7-10,12H2,1-2H3/t13-,17-,18-/m0/s1. The molecule has 2 fully saturated rings. The van der Waals surface area contributed by atoms with E-state index in [2.05, 4.69) is 12.2 Å². The molecule has 3 atom stereocenters. The van der Waals surface area contributed by atoms with Crippen LogP contribution in [-0.2, 0) is 9.59 Å². The summed E-state index contributed by atoms with van der Waals surface area (Å²) in [7, 11) is 0. The first-order valence-electron chi connectivity index (χ1n) is 9.04. The Morgan fingerprint density at radius 3 is 2.76 bits per heavy atom. The van der Waals surface area contributed by atoms with Crippen LogP contribution < -0.4 is 10.2 Å². The van der Waals surface area contributed by atoms with Crippen molar-refractivity contribution in [3.8, 4) is 0 Å². The van der Waals surface area contributed by atoms with Crippen molar-refractivity contribution >= 4 is 17.5 Å². The second-order valence-electron chi connectivity index (χ2n) is 7.17. The molecule has 1 N–H and O–H groups in total. The molecule has 0 aliphatic carbocycles. The van der Waals surface area contributed by atoms with E-state index in [0.29, 0.717) is 18.2 Å². The first kappa shape index (κ1) is 17.9. The van der Waals surface area contributed by atoms with Gasteiger partial charge in [0.25, 0.3) is 0 Å². The van der Waals surface area contributed by atoms with Crippen molar-refractivity contribution in [2.75, 3.05) is 24.5 Å². The summed E-state index contributed by atoms with van der Waals surface area (Å²) in [5, 5.41) is 3.51. The van der Waals surface area contributed by atoms with Crippen molar-refractivity contribution in [3.05, 3.63) is 30.1 Å². The summed E-state index contributed by atoms with van der Waals surface area (Å²) in [6.45, 7) is 5.79. The summed E-state index contributed by atoms with van der Waals surface area (Å²) in [6.07, 6.45) is 2.54. The summed E-state index contributed by atoms with van der Waals surface area (Å²) >= 11 is 0. The maximum absolute atomic E-state index is 13.5. The quantitative estimate of drug-likeness (QED) is 0.912. The van der Waals surface area contributed by atoms with Gasteiger partial charge in [-0.3, -0.25) is 9.59 Å². The number of benzene rings is 1. The highest BCUT2D eigenvalue weighted by Gasteiger charge is 2.34. The summed E-state index contributed by atoms with van der Waals surface area (Å²) in [5.74, 6) is 0.0926. The highest BCUT2D eigenvalue weighted by atomic mass is 19.1. The lowest BCUT2D eigenvalue weighted by atomic mass is 9.91. The second-order valence-corrected chi connectivity index (χ2v) is 7.17. The molecule has 1 aromatic carbocycles. The second kappa shape index (κ2) is 7.52. The minimum absolute atomic E-state index is 0.0121. The molecule has 2 aliphatic rings. The Morgan fingerprint density at radius 2 is 2.08 bits per heavy atom. The molecule has 5 nitrogen and oxygen atoms in total. The van der Waals surface area contributed by atoms with Crippen molar-refractivity contribution in [1.82, 2.24) is 10.2 Å². The average Bonchev–Trinajstić information content (AvgIpc) is 2.58. The number of piperidine rings is 2. The van der Waals surface area contributed by atoms with Crippen LogP contribution in [0.25, 0.3) is 0 Å². The molecule has 0 saturated carbocycles. The molecule has 2 heterocycles.